The summed E-state index contributed by atoms with van der Waals surface area (Å²) < 4.78 is 1.41. The molecular formula is C20H21ClN4O2S2. The molecule has 1 amide bonds. The van der Waals surface area contributed by atoms with Gasteiger partial charge in [0, 0.05) is 28.4 Å². The second-order valence-electron chi connectivity index (χ2n) is 7.10. The topological polar surface area (TPSA) is 76.4 Å². The Kier molecular flexibility index (Phi) is 6.52. The molecule has 2 aromatic heterocycles. The van der Waals surface area contributed by atoms with Gasteiger partial charge in [-0.25, -0.2) is 4.98 Å². The van der Waals surface area contributed by atoms with Crippen LogP contribution in [0.15, 0.2) is 35.1 Å². The number of anilines is 1. The highest BCUT2D eigenvalue weighted by Gasteiger charge is 2.20. The third kappa shape index (κ3) is 5.18. The highest BCUT2D eigenvalue weighted by atomic mass is 35.5. The number of nitrogens with zero attached hydrogens (tertiary/aromatic N) is 3. The van der Waals surface area contributed by atoms with E-state index >= 15 is 0 Å². The van der Waals surface area contributed by atoms with Gasteiger partial charge in [-0.05, 0) is 37.1 Å². The van der Waals surface area contributed by atoms with E-state index in [2.05, 4.69) is 15.4 Å². The van der Waals surface area contributed by atoms with E-state index < -0.39 is 0 Å². The molecule has 29 heavy (non-hydrogen) atoms. The van der Waals surface area contributed by atoms with E-state index in [-0.39, 0.29) is 17.2 Å². The van der Waals surface area contributed by atoms with Crippen LogP contribution in [0.1, 0.15) is 48.7 Å². The van der Waals surface area contributed by atoms with Gasteiger partial charge < -0.3 is 5.32 Å². The van der Waals surface area contributed by atoms with Crippen molar-refractivity contribution in [2.45, 2.75) is 43.8 Å². The van der Waals surface area contributed by atoms with E-state index in [0.717, 1.165) is 17.8 Å². The molecule has 1 aromatic carbocycles. The average molecular weight is 449 g/mol. The fourth-order valence-electron chi connectivity index (χ4n) is 3.44. The number of carbonyl (C=O) groups is 1. The SMILES string of the molecule is O=C(CSCc1cc(=O)n2nc(C3CCCCC3)sc2n1)Nc1ccc(Cl)cc1. The smallest absolute Gasteiger partial charge is 0.275 e. The highest BCUT2D eigenvalue weighted by Crippen LogP contribution is 2.34. The molecule has 1 fully saturated rings. The molecule has 1 aliphatic rings. The van der Waals surface area contributed by atoms with Gasteiger partial charge >= 0.3 is 0 Å². The number of nitrogens with one attached hydrogen (secondary N) is 1. The summed E-state index contributed by atoms with van der Waals surface area (Å²) in [6, 6.07) is 8.49. The summed E-state index contributed by atoms with van der Waals surface area (Å²) >= 11 is 8.79. The molecule has 9 heteroatoms. The van der Waals surface area contributed by atoms with Crippen molar-refractivity contribution in [2.24, 2.45) is 0 Å². The van der Waals surface area contributed by atoms with Crippen LogP contribution in [0.4, 0.5) is 5.69 Å². The number of benzene rings is 1. The highest BCUT2D eigenvalue weighted by molar-refractivity contribution is 7.99. The molecule has 0 spiro atoms. The molecular weight excluding hydrogens is 428 g/mol. The van der Waals surface area contributed by atoms with Crippen LogP contribution in [0.5, 0.6) is 0 Å². The Bertz CT molecular complexity index is 1060. The minimum absolute atomic E-state index is 0.104. The van der Waals surface area contributed by atoms with Crippen LogP contribution < -0.4 is 10.9 Å². The first kappa shape index (κ1) is 20.4. The Morgan fingerprint density at radius 1 is 1.24 bits per heavy atom. The van der Waals surface area contributed by atoms with E-state index in [0.29, 0.717) is 33.0 Å². The summed E-state index contributed by atoms with van der Waals surface area (Å²) in [7, 11) is 0. The third-order valence-corrected chi connectivity index (χ3v) is 7.17. The molecule has 4 rings (SSSR count). The van der Waals surface area contributed by atoms with Gasteiger partial charge in [-0.2, -0.15) is 9.61 Å². The van der Waals surface area contributed by atoms with Crippen molar-refractivity contribution >= 4 is 51.3 Å². The van der Waals surface area contributed by atoms with Gasteiger partial charge in [0.1, 0.15) is 5.01 Å². The van der Waals surface area contributed by atoms with Crippen LogP contribution in [0.25, 0.3) is 4.96 Å². The van der Waals surface area contributed by atoms with Gasteiger partial charge in [-0.15, -0.1) is 11.8 Å². The average Bonchev–Trinajstić information content (AvgIpc) is 3.15. The minimum atomic E-state index is -0.158. The monoisotopic (exact) mass is 448 g/mol. The largest absolute Gasteiger partial charge is 0.325 e. The first-order valence-corrected chi connectivity index (χ1v) is 12.0. The van der Waals surface area contributed by atoms with Crippen molar-refractivity contribution in [1.29, 1.82) is 0 Å². The maximum Gasteiger partial charge on any atom is 0.275 e. The van der Waals surface area contributed by atoms with Crippen LogP contribution in [-0.4, -0.2) is 26.3 Å². The molecule has 1 aliphatic carbocycles. The Labute approximate surface area is 181 Å². The predicted octanol–water partition coefficient (Wildman–Crippen LogP) is 4.72. The lowest BCUT2D eigenvalue weighted by molar-refractivity contribution is -0.113. The van der Waals surface area contributed by atoms with E-state index in [4.69, 9.17) is 11.6 Å². The summed E-state index contributed by atoms with van der Waals surface area (Å²) in [5.74, 6) is 1.12. The van der Waals surface area contributed by atoms with E-state index in [1.54, 1.807) is 24.3 Å². The number of rotatable bonds is 6. The second kappa shape index (κ2) is 9.28. The standard InChI is InChI=1S/C20H21ClN4O2S2/c21-14-6-8-15(9-7-14)22-17(26)12-28-11-16-10-18(27)25-20(23-16)29-19(24-25)13-4-2-1-3-5-13/h6-10,13H,1-5,11-12H2,(H,22,26). The van der Waals surface area contributed by atoms with Crippen LogP contribution >= 0.6 is 34.7 Å². The number of carbonyl (C=O) groups excluding carboxylic acids is 1. The zero-order valence-electron chi connectivity index (χ0n) is 15.8. The molecule has 3 aromatic rings. The molecule has 0 bridgehead atoms. The van der Waals surface area contributed by atoms with Crippen LogP contribution in [0, 0.1) is 0 Å². The van der Waals surface area contributed by atoms with Crippen LogP contribution in [0.3, 0.4) is 0 Å². The Morgan fingerprint density at radius 3 is 2.76 bits per heavy atom. The summed E-state index contributed by atoms with van der Waals surface area (Å²) in [4.78, 5) is 29.7. The van der Waals surface area contributed by atoms with Gasteiger partial charge in [-0.1, -0.05) is 42.2 Å². The van der Waals surface area contributed by atoms with Crippen molar-refractivity contribution in [1.82, 2.24) is 14.6 Å². The number of aromatic nitrogens is 3. The molecule has 6 nitrogen and oxygen atoms in total. The molecule has 1 N–H and O–H groups in total. The molecule has 0 radical (unpaired) electrons. The number of thioether (sulfide) groups is 1. The number of hydrogen-bond acceptors (Lipinski definition) is 6. The molecule has 1 saturated carbocycles. The number of halogens is 1. The fourth-order valence-corrected chi connectivity index (χ4v) is 5.37. The van der Waals surface area contributed by atoms with E-state index in [1.165, 1.54) is 52.9 Å². The van der Waals surface area contributed by atoms with Crippen molar-refractivity contribution < 1.29 is 4.79 Å². The molecule has 2 heterocycles. The zero-order valence-corrected chi connectivity index (χ0v) is 18.2. The quantitative estimate of drug-likeness (QED) is 0.590. The normalized spacial score (nSPS) is 14.9. The fraction of sp³-hybridized carbons (Fsp3) is 0.400. The van der Waals surface area contributed by atoms with Crippen molar-refractivity contribution in [3.8, 4) is 0 Å². The van der Waals surface area contributed by atoms with Gasteiger partial charge in [0.15, 0.2) is 0 Å². The third-order valence-electron chi connectivity index (χ3n) is 4.88. The lowest BCUT2D eigenvalue weighted by atomic mass is 9.90. The van der Waals surface area contributed by atoms with Crippen molar-refractivity contribution in [3.63, 3.8) is 0 Å². The first-order chi connectivity index (χ1) is 14.1. The maximum absolute atomic E-state index is 12.4. The zero-order chi connectivity index (χ0) is 20.2. The molecule has 152 valence electrons. The van der Waals surface area contributed by atoms with Crippen LogP contribution in [-0.2, 0) is 10.5 Å². The Morgan fingerprint density at radius 2 is 2.00 bits per heavy atom. The molecule has 0 saturated heterocycles. The predicted molar refractivity (Wildman–Crippen MR) is 119 cm³/mol. The van der Waals surface area contributed by atoms with Gasteiger partial charge in [0.2, 0.25) is 10.9 Å². The summed E-state index contributed by atoms with van der Waals surface area (Å²) in [5, 5.41) is 8.98. The lowest BCUT2D eigenvalue weighted by Gasteiger charge is -2.18. The van der Waals surface area contributed by atoms with Gasteiger partial charge in [-0.3, -0.25) is 9.59 Å². The molecule has 0 unspecified atom stereocenters. The van der Waals surface area contributed by atoms with E-state index in [9.17, 15) is 9.59 Å². The van der Waals surface area contributed by atoms with Crippen LogP contribution in [0.2, 0.25) is 5.02 Å². The van der Waals surface area contributed by atoms with Crippen molar-refractivity contribution in [3.05, 3.63) is 56.4 Å². The van der Waals surface area contributed by atoms with Crippen molar-refractivity contribution in [2.75, 3.05) is 11.1 Å². The lowest BCUT2D eigenvalue weighted by Crippen LogP contribution is -2.16. The first-order valence-electron chi connectivity index (χ1n) is 9.61. The minimum Gasteiger partial charge on any atom is -0.325 e. The molecule has 0 aliphatic heterocycles. The molecule has 0 atom stereocenters. The number of hydrogen-bond donors (Lipinski definition) is 1. The summed E-state index contributed by atoms with van der Waals surface area (Å²) in [5.41, 5.74) is 1.23. The van der Waals surface area contributed by atoms with E-state index in [1.807, 2.05) is 0 Å². The second-order valence-corrected chi connectivity index (χ2v) is 9.51. The van der Waals surface area contributed by atoms with Gasteiger partial charge in [0.05, 0.1) is 11.4 Å². The maximum atomic E-state index is 12.4. The summed E-state index contributed by atoms with van der Waals surface area (Å²) in [6.45, 7) is 0. The summed E-state index contributed by atoms with van der Waals surface area (Å²) in [6.07, 6.45) is 6.01. The van der Waals surface area contributed by atoms with Gasteiger partial charge in [0.25, 0.3) is 5.56 Å². The Hall–Kier alpha value is -1.90. The number of amides is 1. The number of fused-ring (bicyclic) bond motifs is 1. The Balaban J connectivity index is 1.37.